The van der Waals surface area contributed by atoms with Crippen molar-refractivity contribution in [1.82, 2.24) is 14.8 Å². The first-order valence-corrected chi connectivity index (χ1v) is 11.3. The molecule has 1 saturated heterocycles. The second-order valence-corrected chi connectivity index (χ2v) is 8.59. The van der Waals surface area contributed by atoms with Crippen LogP contribution in [-0.4, -0.2) is 52.5 Å². The van der Waals surface area contributed by atoms with Crippen LogP contribution in [-0.2, 0) is 11.3 Å². The summed E-state index contributed by atoms with van der Waals surface area (Å²) in [7, 11) is 0. The Hall–Kier alpha value is -2.40. The SMILES string of the molecule is CCN(CC)C(=O)C[C@@H]1CC2(CCN(Cc3ccccn3)CC2)Oc2ccccc21. The van der Waals surface area contributed by atoms with Gasteiger partial charge in [-0.15, -0.1) is 0 Å². The Balaban J connectivity index is 1.47. The highest BCUT2D eigenvalue weighted by Gasteiger charge is 2.43. The molecule has 0 bridgehead atoms. The summed E-state index contributed by atoms with van der Waals surface area (Å²) in [6, 6.07) is 14.4. The number of ether oxygens (including phenoxy) is 1. The van der Waals surface area contributed by atoms with Gasteiger partial charge in [-0.25, -0.2) is 0 Å². The highest BCUT2D eigenvalue weighted by molar-refractivity contribution is 5.77. The van der Waals surface area contributed by atoms with Gasteiger partial charge in [-0.3, -0.25) is 14.7 Å². The summed E-state index contributed by atoms with van der Waals surface area (Å²) in [5.74, 6) is 1.45. The smallest absolute Gasteiger partial charge is 0.223 e. The quantitative estimate of drug-likeness (QED) is 0.718. The standard InChI is InChI=1S/C25H33N3O2/c1-3-28(4-2)24(29)17-20-18-25(30-23-11-6-5-10-22(20)23)12-15-27(16-13-25)19-21-9-7-8-14-26-21/h5-11,14,20H,3-4,12-13,15-19H2,1-2H3/t20-/m1/s1. The number of hydrogen-bond donors (Lipinski definition) is 0. The van der Waals surface area contributed by atoms with E-state index in [4.69, 9.17) is 4.74 Å². The van der Waals surface area contributed by atoms with Crippen LogP contribution >= 0.6 is 0 Å². The molecule has 2 aliphatic heterocycles. The molecule has 0 saturated carbocycles. The van der Waals surface area contributed by atoms with Crippen molar-refractivity contribution in [3.8, 4) is 5.75 Å². The van der Waals surface area contributed by atoms with Crippen molar-refractivity contribution < 1.29 is 9.53 Å². The van der Waals surface area contributed by atoms with E-state index in [0.29, 0.717) is 6.42 Å². The fourth-order valence-corrected chi connectivity index (χ4v) is 4.99. The molecule has 0 radical (unpaired) electrons. The van der Waals surface area contributed by atoms with E-state index in [-0.39, 0.29) is 17.4 Å². The molecule has 1 fully saturated rings. The maximum Gasteiger partial charge on any atom is 0.223 e. The third kappa shape index (κ3) is 4.51. The lowest BCUT2D eigenvalue weighted by Crippen LogP contribution is -2.50. The number of hydrogen-bond acceptors (Lipinski definition) is 4. The minimum absolute atomic E-state index is 0.164. The topological polar surface area (TPSA) is 45.7 Å². The van der Waals surface area contributed by atoms with E-state index in [1.807, 2.05) is 29.3 Å². The van der Waals surface area contributed by atoms with Gasteiger partial charge in [0.1, 0.15) is 11.4 Å². The summed E-state index contributed by atoms with van der Waals surface area (Å²) in [5, 5.41) is 0. The number of para-hydroxylation sites is 1. The first kappa shape index (κ1) is 20.9. The summed E-state index contributed by atoms with van der Waals surface area (Å²) >= 11 is 0. The van der Waals surface area contributed by atoms with Crippen molar-refractivity contribution in [2.24, 2.45) is 0 Å². The van der Waals surface area contributed by atoms with Crippen LogP contribution in [0.3, 0.4) is 0 Å². The Morgan fingerprint density at radius 2 is 1.87 bits per heavy atom. The molecule has 1 spiro atoms. The molecule has 0 N–H and O–H groups in total. The molecule has 3 heterocycles. The van der Waals surface area contributed by atoms with Crippen LogP contribution < -0.4 is 4.74 Å². The molecule has 1 atom stereocenters. The second-order valence-electron chi connectivity index (χ2n) is 8.59. The zero-order valence-corrected chi connectivity index (χ0v) is 18.2. The van der Waals surface area contributed by atoms with Crippen LogP contribution in [0.4, 0.5) is 0 Å². The molecule has 4 rings (SSSR count). The minimum atomic E-state index is -0.164. The first-order chi connectivity index (χ1) is 14.6. The van der Waals surface area contributed by atoms with Gasteiger partial charge in [-0.05, 0) is 56.9 Å². The summed E-state index contributed by atoms with van der Waals surface area (Å²) in [5.41, 5.74) is 2.15. The summed E-state index contributed by atoms with van der Waals surface area (Å²) < 4.78 is 6.62. The van der Waals surface area contributed by atoms with E-state index >= 15 is 0 Å². The van der Waals surface area contributed by atoms with Gasteiger partial charge in [-0.1, -0.05) is 24.3 Å². The zero-order chi connectivity index (χ0) is 21.0. The van der Waals surface area contributed by atoms with Gasteiger partial charge in [0.15, 0.2) is 0 Å². The van der Waals surface area contributed by atoms with Crippen LogP contribution in [0.5, 0.6) is 5.75 Å². The maximum atomic E-state index is 12.9. The van der Waals surface area contributed by atoms with Gasteiger partial charge in [0.2, 0.25) is 5.91 Å². The summed E-state index contributed by atoms with van der Waals surface area (Å²) in [4.78, 5) is 21.8. The van der Waals surface area contributed by atoms with Crippen molar-refractivity contribution in [3.05, 3.63) is 59.9 Å². The van der Waals surface area contributed by atoms with Crippen molar-refractivity contribution in [2.45, 2.75) is 57.6 Å². The molecule has 5 nitrogen and oxygen atoms in total. The number of aromatic nitrogens is 1. The third-order valence-corrected chi connectivity index (χ3v) is 6.72. The summed E-state index contributed by atoms with van der Waals surface area (Å²) in [6.07, 6.45) is 5.34. The van der Waals surface area contributed by atoms with Crippen molar-refractivity contribution in [2.75, 3.05) is 26.2 Å². The van der Waals surface area contributed by atoms with Crippen molar-refractivity contribution >= 4 is 5.91 Å². The Morgan fingerprint density at radius 1 is 1.13 bits per heavy atom. The van der Waals surface area contributed by atoms with Crippen LogP contribution in [0, 0.1) is 0 Å². The fraction of sp³-hybridized carbons (Fsp3) is 0.520. The van der Waals surface area contributed by atoms with Crippen LogP contribution in [0.1, 0.15) is 56.7 Å². The highest BCUT2D eigenvalue weighted by atomic mass is 16.5. The monoisotopic (exact) mass is 407 g/mol. The molecule has 0 unspecified atom stereocenters. The Labute approximate surface area is 180 Å². The normalized spacial score (nSPS) is 20.4. The lowest BCUT2D eigenvalue weighted by atomic mass is 9.76. The molecule has 2 aromatic rings. The second kappa shape index (κ2) is 9.17. The van der Waals surface area contributed by atoms with Gasteiger partial charge in [0.25, 0.3) is 0 Å². The number of carbonyl (C=O) groups is 1. The number of rotatable bonds is 6. The summed E-state index contributed by atoms with van der Waals surface area (Å²) in [6.45, 7) is 8.53. The van der Waals surface area contributed by atoms with E-state index in [9.17, 15) is 4.79 Å². The molecule has 1 aromatic heterocycles. The predicted molar refractivity (Wildman–Crippen MR) is 118 cm³/mol. The van der Waals surface area contributed by atoms with Crippen LogP contribution in [0.25, 0.3) is 0 Å². The molecule has 30 heavy (non-hydrogen) atoms. The van der Waals surface area contributed by atoms with Crippen molar-refractivity contribution in [3.63, 3.8) is 0 Å². The fourth-order valence-electron chi connectivity index (χ4n) is 4.99. The number of pyridine rings is 1. The van der Waals surface area contributed by atoms with Crippen LogP contribution in [0.2, 0.25) is 0 Å². The van der Waals surface area contributed by atoms with Gasteiger partial charge in [0.05, 0.1) is 5.69 Å². The van der Waals surface area contributed by atoms with E-state index < -0.39 is 0 Å². The Morgan fingerprint density at radius 3 is 2.57 bits per heavy atom. The molecule has 160 valence electrons. The molecule has 0 aliphatic carbocycles. The number of amides is 1. The largest absolute Gasteiger partial charge is 0.487 e. The van der Waals surface area contributed by atoms with E-state index in [2.05, 4.69) is 48.0 Å². The lowest BCUT2D eigenvalue weighted by Gasteiger charge is -2.47. The number of likely N-dealkylation sites (tertiary alicyclic amines) is 1. The highest BCUT2D eigenvalue weighted by Crippen LogP contribution is 2.46. The van der Waals surface area contributed by atoms with E-state index in [0.717, 1.165) is 63.4 Å². The third-order valence-electron chi connectivity index (χ3n) is 6.72. The van der Waals surface area contributed by atoms with Gasteiger partial charge >= 0.3 is 0 Å². The van der Waals surface area contributed by atoms with E-state index in [1.165, 1.54) is 5.56 Å². The van der Waals surface area contributed by atoms with Gasteiger partial charge in [0, 0.05) is 51.3 Å². The zero-order valence-electron chi connectivity index (χ0n) is 18.2. The molecule has 2 aliphatic rings. The minimum Gasteiger partial charge on any atom is -0.487 e. The number of fused-ring (bicyclic) bond motifs is 1. The van der Waals surface area contributed by atoms with Crippen molar-refractivity contribution in [1.29, 1.82) is 0 Å². The molecule has 1 amide bonds. The number of piperidine rings is 1. The first-order valence-electron chi connectivity index (χ1n) is 11.3. The predicted octanol–water partition coefficient (Wildman–Crippen LogP) is 4.24. The lowest BCUT2D eigenvalue weighted by molar-refractivity contribution is -0.131. The average Bonchev–Trinajstić information content (AvgIpc) is 2.77. The number of nitrogens with zero attached hydrogens (tertiary/aromatic N) is 3. The number of carbonyl (C=O) groups excluding carboxylic acids is 1. The number of benzene rings is 1. The van der Waals surface area contributed by atoms with Gasteiger partial charge < -0.3 is 9.64 Å². The molecule has 5 heteroatoms. The van der Waals surface area contributed by atoms with E-state index in [1.54, 1.807) is 0 Å². The molecule has 1 aromatic carbocycles. The molecular formula is C25H33N3O2. The Bertz CT molecular complexity index is 842. The molecular weight excluding hydrogens is 374 g/mol. The van der Waals surface area contributed by atoms with Crippen LogP contribution in [0.15, 0.2) is 48.7 Å². The maximum absolute atomic E-state index is 12.9. The average molecular weight is 408 g/mol. The van der Waals surface area contributed by atoms with Gasteiger partial charge in [-0.2, -0.15) is 0 Å². The Kier molecular flexibility index (Phi) is 6.38.